The van der Waals surface area contributed by atoms with Crippen molar-refractivity contribution >= 4 is 26.8 Å². The van der Waals surface area contributed by atoms with Crippen LogP contribution in [-0.4, -0.2) is 4.98 Å². The Balaban J connectivity index is 2.04. The topological polar surface area (TPSA) is 45.9 Å². The van der Waals surface area contributed by atoms with Gasteiger partial charge in [-0.05, 0) is 40.2 Å². The molecule has 0 unspecified atom stereocenters. The second-order valence-corrected chi connectivity index (χ2v) is 5.17. The monoisotopic (exact) mass is 342 g/mol. The Hall–Kier alpha value is -2.45. The standard InChI is InChI=1S/C16H8BrFN2O/c17-13-8-11(5-6-14(13)18)21-16-7-10(9-19)12-3-1-2-4-15(12)20-16/h1-8H. The highest BCUT2D eigenvalue weighted by Crippen LogP contribution is 2.28. The Morgan fingerprint density at radius 1 is 1.14 bits per heavy atom. The summed E-state index contributed by atoms with van der Waals surface area (Å²) in [7, 11) is 0. The first-order chi connectivity index (χ1) is 10.2. The molecule has 0 spiro atoms. The molecule has 0 bridgehead atoms. The SMILES string of the molecule is N#Cc1cc(Oc2ccc(F)c(Br)c2)nc2ccccc12. The smallest absolute Gasteiger partial charge is 0.221 e. The van der Waals surface area contributed by atoms with Gasteiger partial charge in [0, 0.05) is 11.5 Å². The molecule has 3 rings (SSSR count). The zero-order valence-electron chi connectivity index (χ0n) is 10.7. The summed E-state index contributed by atoms with van der Waals surface area (Å²) in [4.78, 5) is 4.35. The molecule has 102 valence electrons. The maximum atomic E-state index is 13.2. The van der Waals surface area contributed by atoms with Crippen LogP contribution in [0.1, 0.15) is 5.56 Å². The predicted molar refractivity (Wildman–Crippen MR) is 80.6 cm³/mol. The molecule has 21 heavy (non-hydrogen) atoms. The highest BCUT2D eigenvalue weighted by atomic mass is 79.9. The molecule has 0 aliphatic carbocycles. The third kappa shape index (κ3) is 2.71. The van der Waals surface area contributed by atoms with Crippen LogP contribution in [0.25, 0.3) is 10.9 Å². The lowest BCUT2D eigenvalue weighted by Crippen LogP contribution is -1.92. The molecule has 0 atom stereocenters. The van der Waals surface area contributed by atoms with Gasteiger partial charge in [-0.2, -0.15) is 5.26 Å². The van der Waals surface area contributed by atoms with Gasteiger partial charge in [-0.3, -0.25) is 0 Å². The Labute approximate surface area is 128 Å². The second kappa shape index (κ2) is 5.51. The van der Waals surface area contributed by atoms with E-state index in [-0.39, 0.29) is 5.82 Å². The number of hydrogen-bond acceptors (Lipinski definition) is 3. The van der Waals surface area contributed by atoms with Crippen LogP contribution in [0, 0.1) is 17.1 Å². The molecule has 2 aromatic carbocycles. The summed E-state index contributed by atoms with van der Waals surface area (Å²) >= 11 is 3.10. The van der Waals surface area contributed by atoms with Crippen molar-refractivity contribution < 1.29 is 9.13 Å². The van der Waals surface area contributed by atoms with E-state index in [2.05, 4.69) is 27.0 Å². The van der Waals surface area contributed by atoms with Crippen molar-refractivity contribution in [2.75, 3.05) is 0 Å². The fourth-order valence-corrected chi connectivity index (χ4v) is 2.31. The number of halogens is 2. The van der Waals surface area contributed by atoms with E-state index in [1.165, 1.54) is 18.2 Å². The lowest BCUT2D eigenvalue weighted by Gasteiger charge is -2.07. The van der Waals surface area contributed by atoms with Crippen molar-refractivity contribution in [3.8, 4) is 17.7 Å². The first kappa shape index (κ1) is 13.5. The van der Waals surface area contributed by atoms with E-state index in [4.69, 9.17) is 4.74 Å². The summed E-state index contributed by atoms with van der Waals surface area (Å²) in [6.45, 7) is 0. The fraction of sp³-hybridized carbons (Fsp3) is 0. The van der Waals surface area contributed by atoms with Crippen LogP contribution in [0.5, 0.6) is 11.6 Å². The van der Waals surface area contributed by atoms with Crippen molar-refractivity contribution in [2.24, 2.45) is 0 Å². The van der Waals surface area contributed by atoms with Crippen LogP contribution in [-0.2, 0) is 0 Å². The van der Waals surface area contributed by atoms with Crippen molar-refractivity contribution in [3.05, 3.63) is 64.4 Å². The van der Waals surface area contributed by atoms with Crippen LogP contribution >= 0.6 is 15.9 Å². The van der Waals surface area contributed by atoms with Crippen LogP contribution in [0.3, 0.4) is 0 Å². The molecule has 0 aliphatic heterocycles. The molecule has 3 aromatic rings. The number of para-hydroxylation sites is 1. The van der Waals surface area contributed by atoms with E-state index >= 15 is 0 Å². The van der Waals surface area contributed by atoms with Crippen molar-refractivity contribution in [1.29, 1.82) is 5.26 Å². The zero-order chi connectivity index (χ0) is 14.8. The van der Waals surface area contributed by atoms with Gasteiger partial charge < -0.3 is 4.74 Å². The molecule has 0 amide bonds. The summed E-state index contributed by atoms with van der Waals surface area (Å²) in [5.41, 5.74) is 1.16. The molecule has 0 fully saturated rings. The average molecular weight is 343 g/mol. The van der Waals surface area contributed by atoms with Crippen LogP contribution < -0.4 is 4.74 Å². The Morgan fingerprint density at radius 2 is 1.95 bits per heavy atom. The van der Waals surface area contributed by atoms with E-state index in [0.717, 1.165) is 5.39 Å². The Kier molecular flexibility index (Phi) is 3.55. The van der Waals surface area contributed by atoms with E-state index in [0.29, 0.717) is 27.2 Å². The van der Waals surface area contributed by atoms with Gasteiger partial charge >= 0.3 is 0 Å². The van der Waals surface area contributed by atoms with Crippen LogP contribution in [0.2, 0.25) is 0 Å². The van der Waals surface area contributed by atoms with E-state index in [1.807, 2.05) is 24.3 Å². The first-order valence-electron chi connectivity index (χ1n) is 6.10. The van der Waals surface area contributed by atoms with E-state index < -0.39 is 0 Å². The molecule has 5 heteroatoms. The number of nitriles is 1. The molecule has 1 heterocycles. The van der Waals surface area contributed by atoms with Gasteiger partial charge in [0.15, 0.2) is 0 Å². The molecule has 0 saturated heterocycles. The summed E-state index contributed by atoms with van der Waals surface area (Å²) in [6, 6.07) is 15.3. The normalized spacial score (nSPS) is 10.3. The van der Waals surface area contributed by atoms with E-state index in [1.54, 1.807) is 6.07 Å². The minimum atomic E-state index is -0.369. The number of hydrogen-bond donors (Lipinski definition) is 0. The van der Waals surface area contributed by atoms with E-state index in [9.17, 15) is 9.65 Å². The number of ether oxygens (including phenoxy) is 1. The van der Waals surface area contributed by atoms with Gasteiger partial charge in [-0.1, -0.05) is 18.2 Å². The Morgan fingerprint density at radius 3 is 2.71 bits per heavy atom. The lowest BCUT2D eigenvalue weighted by molar-refractivity contribution is 0.462. The second-order valence-electron chi connectivity index (χ2n) is 4.31. The summed E-state index contributed by atoms with van der Waals surface area (Å²) in [6.07, 6.45) is 0. The maximum Gasteiger partial charge on any atom is 0.221 e. The summed E-state index contributed by atoms with van der Waals surface area (Å²) < 4.78 is 19.1. The minimum Gasteiger partial charge on any atom is -0.439 e. The maximum absolute atomic E-state index is 13.2. The molecule has 0 saturated carbocycles. The highest BCUT2D eigenvalue weighted by molar-refractivity contribution is 9.10. The molecule has 0 N–H and O–H groups in total. The van der Waals surface area contributed by atoms with Crippen LogP contribution in [0.15, 0.2) is 53.0 Å². The molecule has 3 nitrogen and oxygen atoms in total. The van der Waals surface area contributed by atoms with Gasteiger partial charge in [0.2, 0.25) is 5.88 Å². The summed E-state index contributed by atoms with van der Waals surface area (Å²) in [5, 5.41) is 9.99. The van der Waals surface area contributed by atoms with Crippen LogP contribution in [0.4, 0.5) is 4.39 Å². The molecule has 1 aromatic heterocycles. The number of fused-ring (bicyclic) bond motifs is 1. The quantitative estimate of drug-likeness (QED) is 0.671. The highest BCUT2D eigenvalue weighted by Gasteiger charge is 2.08. The number of nitrogens with zero attached hydrogens (tertiary/aromatic N) is 2. The average Bonchev–Trinajstić information content (AvgIpc) is 2.50. The fourth-order valence-electron chi connectivity index (χ4n) is 1.96. The van der Waals surface area contributed by atoms with Gasteiger partial charge in [-0.15, -0.1) is 0 Å². The van der Waals surface area contributed by atoms with Gasteiger partial charge in [0.1, 0.15) is 17.6 Å². The molecule has 0 radical (unpaired) electrons. The molecule has 0 aliphatic rings. The zero-order valence-corrected chi connectivity index (χ0v) is 12.3. The van der Waals surface area contributed by atoms with Gasteiger partial charge in [0.25, 0.3) is 0 Å². The largest absolute Gasteiger partial charge is 0.439 e. The van der Waals surface area contributed by atoms with Gasteiger partial charge in [0.05, 0.1) is 15.6 Å². The minimum absolute atomic E-state index is 0.295. The number of benzene rings is 2. The number of pyridine rings is 1. The number of aromatic nitrogens is 1. The predicted octanol–water partition coefficient (Wildman–Crippen LogP) is 4.80. The van der Waals surface area contributed by atoms with Crippen molar-refractivity contribution in [1.82, 2.24) is 4.98 Å². The Bertz CT molecular complexity index is 874. The molecular formula is C16H8BrFN2O. The first-order valence-corrected chi connectivity index (χ1v) is 6.89. The third-order valence-electron chi connectivity index (χ3n) is 2.93. The lowest BCUT2D eigenvalue weighted by atomic mass is 10.1. The molecular weight excluding hydrogens is 335 g/mol. The number of rotatable bonds is 2. The van der Waals surface area contributed by atoms with Crippen molar-refractivity contribution in [3.63, 3.8) is 0 Å². The van der Waals surface area contributed by atoms with Gasteiger partial charge in [-0.25, -0.2) is 9.37 Å². The third-order valence-corrected chi connectivity index (χ3v) is 3.53. The summed E-state index contributed by atoms with van der Waals surface area (Å²) in [5.74, 6) is 0.366. The van der Waals surface area contributed by atoms with Crippen molar-refractivity contribution in [2.45, 2.75) is 0 Å².